The van der Waals surface area contributed by atoms with Gasteiger partial charge in [-0.1, -0.05) is 0 Å². The molecule has 0 unspecified atom stereocenters. The van der Waals surface area contributed by atoms with E-state index in [1.807, 2.05) is 0 Å². The average Bonchev–Trinajstić information content (AvgIpc) is 2.58. The Morgan fingerprint density at radius 3 is 2.46 bits per heavy atom. The Labute approximate surface area is 136 Å². The fourth-order valence-corrected chi connectivity index (χ4v) is 1.76. The van der Waals surface area contributed by atoms with Crippen molar-refractivity contribution in [3.8, 4) is 11.6 Å². The van der Waals surface area contributed by atoms with Crippen LogP contribution in [0.3, 0.4) is 0 Å². The van der Waals surface area contributed by atoms with Gasteiger partial charge < -0.3 is 14.2 Å². The minimum atomic E-state index is -4.47. The molecule has 1 aromatic heterocycles. The minimum absolute atomic E-state index is 0.115. The number of pyridine rings is 1. The van der Waals surface area contributed by atoms with Crippen LogP contribution in [-0.4, -0.2) is 31.3 Å². The quantitative estimate of drug-likeness (QED) is 0.596. The average molecular weight is 341 g/mol. The van der Waals surface area contributed by atoms with Crippen molar-refractivity contribution in [2.24, 2.45) is 0 Å². The molecule has 0 atom stereocenters. The van der Waals surface area contributed by atoms with Crippen LogP contribution in [0.1, 0.15) is 15.9 Å². The number of carbonyl (C=O) groups is 1. The van der Waals surface area contributed by atoms with Crippen LogP contribution in [0.15, 0.2) is 42.6 Å². The van der Waals surface area contributed by atoms with Crippen LogP contribution in [0.4, 0.5) is 13.2 Å². The maximum atomic E-state index is 12.5. The summed E-state index contributed by atoms with van der Waals surface area (Å²) in [4.78, 5) is 15.4. The van der Waals surface area contributed by atoms with Crippen LogP contribution >= 0.6 is 0 Å². The molecule has 2 rings (SSSR count). The number of rotatable bonds is 6. The summed E-state index contributed by atoms with van der Waals surface area (Å²) in [6.07, 6.45) is -3.47. The number of aromatic nitrogens is 1. The summed E-state index contributed by atoms with van der Waals surface area (Å²) in [6.45, 7) is -0.237. The molecule has 0 aliphatic heterocycles. The van der Waals surface area contributed by atoms with Crippen molar-refractivity contribution in [1.29, 1.82) is 0 Å². The lowest BCUT2D eigenvalue weighted by Gasteiger charge is -2.09. The van der Waals surface area contributed by atoms with E-state index in [2.05, 4.69) is 4.98 Å². The van der Waals surface area contributed by atoms with Gasteiger partial charge in [-0.3, -0.25) is 0 Å². The third-order valence-corrected chi connectivity index (χ3v) is 2.95. The lowest BCUT2D eigenvalue weighted by molar-refractivity contribution is -0.137. The minimum Gasteiger partial charge on any atom is -0.497 e. The second kappa shape index (κ2) is 7.67. The first-order chi connectivity index (χ1) is 11.4. The Morgan fingerprint density at radius 2 is 1.83 bits per heavy atom. The molecular weight excluding hydrogens is 327 g/mol. The smallest absolute Gasteiger partial charge is 0.416 e. The number of benzene rings is 1. The molecule has 0 saturated heterocycles. The summed E-state index contributed by atoms with van der Waals surface area (Å²) in [6, 6.07) is 7.92. The van der Waals surface area contributed by atoms with E-state index in [1.54, 1.807) is 12.1 Å². The van der Waals surface area contributed by atoms with Crippen molar-refractivity contribution in [3.05, 3.63) is 53.7 Å². The Balaban J connectivity index is 1.81. The lowest BCUT2D eigenvalue weighted by atomic mass is 10.2. The Kier molecular flexibility index (Phi) is 5.62. The highest BCUT2D eigenvalue weighted by molar-refractivity contribution is 5.89. The molecule has 0 amide bonds. The first-order valence-corrected chi connectivity index (χ1v) is 6.87. The number of hydrogen-bond donors (Lipinski definition) is 0. The summed E-state index contributed by atoms with van der Waals surface area (Å²) >= 11 is 0. The van der Waals surface area contributed by atoms with Crippen LogP contribution in [0.25, 0.3) is 0 Å². The lowest BCUT2D eigenvalue weighted by Crippen LogP contribution is -2.13. The SMILES string of the molecule is COc1ccc(C(=O)OCCOc2cc(C(F)(F)F)ccn2)cc1. The predicted molar refractivity (Wildman–Crippen MR) is 78.0 cm³/mol. The molecule has 5 nitrogen and oxygen atoms in total. The van der Waals surface area contributed by atoms with E-state index in [0.717, 1.165) is 18.3 Å². The zero-order chi connectivity index (χ0) is 17.6. The first-order valence-electron chi connectivity index (χ1n) is 6.87. The van der Waals surface area contributed by atoms with Gasteiger partial charge in [-0.15, -0.1) is 0 Å². The number of ether oxygens (including phenoxy) is 3. The van der Waals surface area contributed by atoms with Gasteiger partial charge in [0.05, 0.1) is 18.2 Å². The van der Waals surface area contributed by atoms with Gasteiger partial charge in [0.1, 0.15) is 19.0 Å². The van der Waals surface area contributed by atoms with E-state index in [-0.39, 0.29) is 19.1 Å². The van der Waals surface area contributed by atoms with Crippen molar-refractivity contribution in [3.63, 3.8) is 0 Å². The molecule has 0 bridgehead atoms. The van der Waals surface area contributed by atoms with Crippen LogP contribution in [0, 0.1) is 0 Å². The summed E-state index contributed by atoms with van der Waals surface area (Å²) in [7, 11) is 1.51. The van der Waals surface area contributed by atoms with Crippen LogP contribution in [0.2, 0.25) is 0 Å². The number of nitrogens with zero attached hydrogens (tertiary/aromatic N) is 1. The van der Waals surface area contributed by atoms with E-state index < -0.39 is 17.7 Å². The van der Waals surface area contributed by atoms with E-state index >= 15 is 0 Å². The fraction of sp³-hybridized carbons (Fsp3) is 0.250. The Bertz CT molecular complexity index is 686. The van der Waals surface area contributed by atoms with Crippen molar-refractivity contribution >= 4 is 5.97 Å². The van der Waals surface area contributed by atoms with Crippen LogP contribution < -0.4 is 9.47 Å². The standard InChI is InChI=1S/C16H14F3NO4/c1-22-13-4-2-11(3-5-13)15(21)24-9-8-23-14-10-12(6-7-20-14)16(17,18)19/h2-7,10H,8-9H2,1H3. The zero-order valence-corrected chi connectivity index (χ0v) is 12.7. The van der Waals surface area contributed by atoms with E-state index in [4.69, 9.17) is 14.2 Å². The van der Waals surface area contributed by atoms with Gasteiger partial charge in [0.25, 0.3) is 0 Å². The molecule has 1 aromatic carbocycles. The Morgan fingerprint density at radius 1 is 1.12 bits per heavy atom. The van der Waals surface area contributed by atoms with E-state index in [1.165, 1.54) is 19.2 Å². The molecule has 1 heterocycles. The van der Waals surface area contributed by atoms with Gasteiger partial charge in [0, 0.05) is 12.3 Å². The maximum Gasteiger partial charge on any atom is 0.416 e. The van der Waals surface area contributed by atoms with E-state index in [0.29, 0.717) is 11.3 Å². The molecular formula is C16H14F3NO4. The molecule has 8 heteroatoms. The van der Waals surface area contributed by atoms with Crippen molar-refractivity contribution in [1.82, 2.24) is 4.98 Å². The summed E-state index contributed by atoms with van der Waals surface area (Å²) in [5, 5.41) is 0. The normalized spacial score (nSPS) is 11.0. The monoisotopic (exact) mass is 341 g/mol. The number of esters is 1. The third-order valence-electron chi connectivity index (χ3n) is 2.95. The third kappa shape index (κ3) is 4.87. The second-order valence-corrected chi connectivity index (χ2v) is 4.59. The number of alkyl halides is 3. The number of halogens is 3. The van der Waals surface area contributed by atoms with Gasteiger partial charge in [-0.25, -0.2) is 9.78 Å². The Hall–Kier alpha value is -2.77. The van der Waals surface area contributed by atoms with Gasteiger partial charge in [-0.2, -0.15) is 13.2 Å². The van der Waals surface area contributed by atoms with Crippen LogP contribution in [0.5, 0.6) is 11.6 Å². The van der Waals surface area contributed by atoms with E-state index in [9.17, 15) is 18.0 Å². The fourth-order valence-electron chi connectivity index (χ4n) is 1.76. The van der Waals surface area contributed by atoms with Crippen LogP contribution in [-0.2, 0) is 10.9 Å². The molecule has 0 saturated carbocycles. The predicted octanol–water partition coefficient (Wildman–Crippen LogP) is 3.34. The largest absolute Gasteiger partial charge is 0.497 e. The molecule has 24 heavy (non-hydrogen) atoms. The highest BCUT2D eigenvalue weighted by atomic mass is 19.4. The summed E-state index contributed by atoms with van der Waals surface area (Å²) < 4.78 is 52.6. The second-order valence-electron chi connectivity index (χ2n) is 4.59. The molecule has 0 aliphatic carbocycles. The molecule has 0 radical (unpaired) electrons. The number of methoxy groups -OCH3 is 1. The maximum absolute atomic E-state index is 12.5. The van der Waals surface area contributed by atoms with Crippen molar-refractivity contribution in [2.45, 2.75) is 6.18 Å². The van der Waals surface area contributed by atoms with Gasteiger partial charge in [0.2, 0.25) is 5.88 Å². The number of carbonyl (C=O) groups excluding carboxylic acids is 1. The van der Waals surface area contributed by atoms with Crippen molar-refractivity contribution in [2.75, 3.05) is 20.3 Å². The highest BCUT2D eigenvalue weighted by Gasteiger charge is 2.30. The number of hydrogen-bond acceptors (Lipinski definition) is 5. The van der Waals surface area contributed by atoms with Gasteiger partial charge in [0.15, 0.2) is 0 Å². The highest BCUT2D eigenvalue weighted by Crippen LogP contribution is 2.30. The molecule has 2 aromatic rings. The first kappa shape index (κ1) is 17.6. The van der Waals surface area contributed by atoms with Crippen molar-refractivity contribution < 1.29 is 32.2 Å². The van der Waals surface area contributed by atoms with Gasteiger partial charge >= 0.3 is 12.1 Å². The summed E-state index contributed by atoms with van der Waals surface area (Å²) in [5.41, 5.74) is -0.532. The molecule has 0 spiro atoms. The molecule has 128 valence electrons. The molecule has 0 N–H and O–H groups in total. The summed E-state index contributed by atoms with van der Waals surface area (Å²) in [5.74, 6) is -0.158. The topological polar surface area (TPSA) is 57.7 Å². The molecule has 0 aliphatic rings. The van der Waals surface area contributed by atoms with Gasteiger partial charge in [-0.05, 0) is 30.3 Å². The molecule has 0 fully saturated rings. The zero-order valence-electron chi connectivity index (χ0n) is 12.7.